The van der Waals surface area contributed by atoms with Crippen molar-refractivity contribution in [2.24, 2.45) is 5.92 Å². The lowest BCUT2D eigenvalue weighted by Crippen LogP contribution is -2.58. The Morgan fingerprint density at radius 2 is 1.92 bits per heavy atom. The number of nitrogens with one attached hydrogen (secondary N) is 1. The minimum Gasteiger partial charge on any atom is -0.447 e. The molecular formula is C20H26N2O3. The summed E-state index contributed by atoms with van der Waals surface area (Å²) in [5, 5.41) is 2.86. The number of nitrogens with zero attached hydrogens (tertiary/aromatic N) is 1. The number of hydrogen-bond acceptors (Lipinski definition) is 3. The summed E-state index contributed by atoms with van der Waals surface area (Å²) in [6, 6.07) is 6.74. The standard InChI is InChI=1S/C20H26N2O3/c1-13-3-4-16(9-14(13)2)15-5-7-22(8-6-15)18(23)17-10-20(11-17)12-25-19(24)21-20/h3-4,9,15,17H,5-8,10-12H2,1-2H3,(H,21,24)/t17-,20+. The molecule has 1 aromatic rings. The Kier molecular flexibility index (Phi) is 3.97. The second-order valence-corrected chi connectivity index (χ2v) is 8.03. The Hall–Kier alpha value is -2.04. The number of piperidine rings is 1. The zero-order valence-electron chi connectivity index (χ0n) is 15.0. The highest BCUT2D eigenvalue weighted by molar-refractivity contribution is 5.81. The van der Waals surface area contributed by atoms with Crippen LogP contribution in [0.15, 0.2) is 18.2 Å². The molecule has 2 heterocycles. The van der Waals surface area contributed by atoms with Gasteiger partial charge in [0.1, 0.15) is 6.61 Å². The Morgan fingerprint density at radius 3 is 2.52 bits per heavy atom. The predicted octanol–water partition coefficient (Wildman–Crippen LogP) is 2.90. The van der Waals surface area contributed by atoms with Crippen molar-refractivity contribution in [2.75, 3.05) is 19.7 Å². The number of amides is 2. The van der Waals surface area contributed by atoms with Gasteiger partial charge in [-0.15, -0.1) is 0 Å². The average Bonchev–Trinajstić information content (AvgIpc) is 2.98. The molecule has 0 unspecified atom stereocenters. The fourth-order valence-corrected chi connectivity index (χ4v) is 4.48. The second kappa shape index (κ2) is 6.04. The Morgan fingerprint density at radius 1 is 1.20 bits per heavy atom. The molecule has 1 aromatic carbocycles. The molecule has 2 saturated heterocycles. The van der Waals surface area contributed by atoms with E-state index in [1.165, 1.54) is 16.7 Å². The summed E-state index contributed by atoms with van der Waals surface area (Å²) >= 11 is 0. The van der Waals surface area contributed by atoms with E-state index in [1.807, 2.05) is 4.90 Å². The Bertz CT molecular complexity index is 701. The van der Waals surface area contributed by atoms with Crippen molar-refractivity contribution in [3.8, 4) is 0 Å². The van der Waals surface area contributed by atoms with Gasteiger partial charge in [-0.05, 0) is 62.1 Å². The average molecular weight is 342 g/mol. The summed E-state index contributed by atoms with van der Waals surface area (Å²) in [6.07, 6.45) is 3.15. The fraction of sp³-hybridized carbons (Fsp3) is 0.600. The number of hydrogen-bond donors (Lipinski definition) is 1. The van der Waals surface area contributed by atoms with Gasteiger partial charge in [-0.1, -0.05) is 18.2 Å². The van der Waals surface area contributed by atoms with E-state index in [1.54, 1.807) is 0 Å². The third kappa shape index (κ3) is 3.00. The largest absolute Gasteiger partial charge is 0.447 e. The number of benzene rings is 1. The van der Waals surface area contributed by atoms with Crippen molar-refractivity contribution in [1.29, 1.82) is 0 Å². The molecule has 4 rings (SSSR count). The molecule has 25 heavy (non-hydrogen) atoms. The third-order valence-corrected chi connectivity index (χ3v) is 6.28. The highest BCUT2D eigenvalue weighted by atomic mass is 16.6. The minimum atomic E-state index is -0.347. The highest BCUT2D eigenvalue weighted by Gasteiger charge is 2.53. The van der Waals surface area contributed by atoms with Crippen LogP contribution in [0.25, 0.3) is 0 Å². The van der Waals surface area contributed by atoms with Crippen LogP contribution in [0.1, 0.15) is 48.3 Å². The number of ether oxygens (including phenoxy) is 1. The molecule has 1 N–H and O–H groups in total. The highest BCUT2D eigenvalue weighted by Crippen LogP contribution is 2.42. The van der Waals surface area contributed by atoms with Gasteiger partial charge in [-0.2, -0.15) is 0 Å². The molecule has 2 aliphatic heterocycles. The molecule has 2 amide bonds. The maximum atomic E-state index is 12.7. The van der Waals surface area contributed by atoms with Gasteiger partial charge in [0.05, 0.1) is 5.54 Å². The Balaban J connectivity index is 1.31. The van der Waals surface area contributed by atoms with Crippen LogP contribution >= 0.6 is 0 Å². The SMILES string of the molecule is Cc1ccc(C2CCN(C(=O)[C@H]3C[C@]4(COC(=O)N4)C3)CC2)cc1C. The van der Waals surface area contributed by atoms with Crippen molar-refractivity contribution < 1.29 is 14.3 Å². The van der Waals surface area contributed by atoms with Gasteiger partial charge < -0.3 is 15.0 Å². The first kappa shape index (κ1) is 16.4. The summed E-state index contributed by atoms with van der Waals surface area (Å²) in [5.74, 6) is 0.851. The molecule has 0 radical (unpaired) electrons. The number of alkyl carbamates (subject to hydrolysis) is 1. The smallest absolute Gasteiger partial charge is 0.407 e. The monoisotopic (exact) mass is 342 g/mol. The number of rotatable bonds is 2. The summed E-state index contributed by atoms with van der Waals surface area (Å²) in [5.41, 5.74) is 3.81. The van der Waals surface area contributed by atoms with Crippen molar-refractivity contribution in [3.63, 3.8) is 0 Å². The first-order chi connectivity index (χ1) is 12.0. The molecule has 0 atom stereocenters. The van der Waals surface area contributed by atoms with Crippen LogP contribution < -0.4 is 5.32 Å². The van der Waals surface area contributed by atoms with Gasteiger partial charge >= 0.3 is 6.09 Å². The fourth-order valence-electron chi connectivity index (χ4n) is 4.48. The van der Waals surface area contributed by atoms with Gasteiger partial charge in [-0.3, -0.25) is 4.79 Å². The van der Waals surface area contributed by atoms with Gasteiger partial charge in [-0.25, -0.2) is 4.79 Å². The van der Waals surface area contributed by atoms with Crippen molar-refractivity contribution in [3.05, 3.63) is 34.9 Å². The molecular weight excluding hydrogens is 316 g/mol. The van der Waals surface area contributed by atoms with Gasteiger partial charge in [0, 0.05) is 19.0 Å². The quantitative estimate of drug-likeness (QED) is 0.899. The zero-order valence-corrected chi connectivity index (χ0v) is 15.0. The van der Waals surface area contributed by atoms with E-state index in [0.717, 1.165) is 25.9 Å². The zero-order chi connectivity index (χ0) is 17.6. The molecule has 1 saturated carbocycles. The predicted molar refractivity (Wildman–Crippen MR) is 94.4 cm³/mol. The van der Waals surface area contributed by atoms with E-state index < -0.39 is 0 Å². The lowest BCUT2D eigenvalue weighted by Gasteiger charge is -2.45. The van der Waals surface area contributed by atoms with Crippen LogP contribution in [0.4, 0.5) is 4.79 Å². The molecule has 1 aliphatic carbocycles. The van der Waals surface area contributed by atoms with Crippen molar-refractivity contribution in [1.82, 2.24) is 10.2 Å². The van der Waals surface area contributed by atoms with Gasteiger partial charge in [0.25, 0.3) is 0 Å². The summed E-state index contributed by atoms with van der Waals surface area (Å²) < 4.78 is 4.99. The van der Waals surface area contributed by atoms with Crippen molar-refractivity contribution in [2.45, 2.75) is 51.0 Å². The third-order valence-electron chi connectivity index (χ3n) is 6.28. The topological polar surface area (TPSA) is 58.6 Å². The molecule has 1 spiro atoms. The van der Waals surface area contributed by atoms with Crippen LogP contribution in [0.2, 0.25) is 0 Å². The van der Waals surface area contributed by atoms with Gasteiger partial charge in [0.15, 0.2) is 0 Å². The number of aryl methyl sites for hydroxylation is 2. The van der Waals surface area contributed by atoms with Crippen LogP contribution in [0.5, 0.6) is 0 Å². The summed E-state index contributed by atoms with van der Waals surface area (Å²) in [4.78, 5) is 26.0. The molecule has 134 valence electrons. The number of carbonyl (C=O) groups is 2. The summed E-state index contributed by atoms with van der Waals surface area (Å²) in [7, 11) is 0. The molecule has 3 aliphatic rings. The molecule has 5 heteroatoms. The van der Waals surface area contributed by atoms with Crippen molar-refractivity contribution >= 4 is 12.0 Å². The van der Waals surface area contributed by atoms with Crippen LogP contribution in [-0.4, -0.2) is 42.1 Å². The van der Waals surface area contributed by atoms with E-state index in [2.05, 4.69) is 37.4 Å². The molecule has 5 nitrogen and oxygen atoms in total. The van der Waals surface area contributed by atoms with E-state index in [0.29, 0.717) is 25.4 Å². The Labute approximate surface area is 148 Å². The number of carbonyl (C=O) groups excluding carboxylic acids is 2. The lowest BCUT2D eigenvalue weighted by molar-refractivity contribution is -0.142. The first-order valence-electron chi connectivity index (χ1n) is 9.27. The number of cyclic esters (lactones) is 1. The minimum absolute atomic E-state index is 0.0418. The van der Waals surface area contributed by atoms with E-state index in [4.69, 9.17) is 4.74 Å². The second-order valence-electron chi connectivity index (χ2n) is 8.03. The van der Waals surface area contributed by atoms with E-state index in [9.17, 15) is 9.59 Å². The van der Waals surface area contributed by atoms with Gasteiger partial charge in [0.2, 0.25) is 5.91 Å². The normalized spacial score (nSPS) is 29.3. The van der Waals surface area contributed by atoms with Crippen LogP contribution in [0, 0.1) is 19.8 Å². The maximum absolute atomic E-state index is 12.7. The molecule has 0 aromatic heterocycles. The number of likely N-dealkylation sites (tertiary alicyclic amines) is 1. The van der Waals surface area contributed by atoms with Crippen LogP contribution in [0.3, 0.4) is 0 Å². The molecule has 3 fully saturated rings. The molecule has 0 bridgehead atoms. The van der Waals surface area contributed by atoms with E-state index >= 15 is 0 Å². The summed E-state index contributed by atoms with van der Waals surface area (Å²) in [6.45, 7) is 6.38. The maximum Gasteiger partial charge on any atom is 0.407 e. The van der Waals surface area contributed by atoms with E-state index in [-0.39, 0.29) is 23.5 Å². The first-order valence-corrected chi connectivity index (χ1v) is 9.27. The van der Waals surface area contributed by atoms with Crippen LogP contribution in [-0.2, 0) is 9.53 Å². The lowest BCUT2D eigenvalue weighted by atomic mass is 9.68.